The van der Waals surface area contributed by atoms with E-state index in [4.69, 9.17) is 0 Å². The summed E-state index contributed by atoms with van der Waals surface area (Å²) in [6, 6.07) is 8.76. The van der Waals surface area contributed by atoms with Gasteiger partial charge < -0.3 is 10.6 Å². The van der Waals surface area contributed by atoms with Gasteiger partial charge in [-0.25, -0.2) is 0 Å². The number of hydrogen-bond donors (Lipinski definition) is 2. The van der Waals surface area contributed by atoms with Gasteiger partial charge in [0.15, 0.2) is 0 Å². The normalized spacial score (nSPS) is 18.8. The highest BCUT2D eigenvalue weighted by Crippen LogP contribution is 2.19. The fourth-order valence-electron chi connectivity index (χ4n) is 4.04. The third-order valence-electron chi connectivity index (χ3n) is 6.03. The average Bonchev–Trinajstić information content (AvgIpc) is 2.68. The number of likely N-dealkylation sites (tertiary alicyclic amines) is 1. The van der Waals surface area contributed by atoms with Crippen molar-refractivity contribution in [1.29, 1.82) is 0 Å². The molecule has 2 heterocycles. The number of piperidine rings is 2. The van der Waals surface area contributed by atoms with Crippen LogP contribution in [0.5, 0.6) is 0 Å². The molecule has 160 valence electrons. The van der Waals surface area contributed by atoms with Gasteiger partial charge in [0, 0.05) is 19.5 Å². The third-order valence-corrected chi connectivity index (χ3v) is 6.03. The van der Waals surface area contributed by atoms with Gasteiger partial charge in [0.25, 0.3) is 0 Å². The summed E-state index contributed by atoms with van der Waals surface area (Å²) in [5.74, 6) is 1.79. The molecule has 2 N–H and O–H groups in total. The van der Waals surface area contributed by atoms with E-state index in [1.54, 1.807) is 0 Å². The zero-order chi connectivity index (χ0) is 18.2. The van der Waals surface area contributed by atoms with Gasteiger partial charge in [-0.05, 0) is 81.2 Å². The molecule has 2 aliphatic rings. The predicted octanol–water partition coefficient (Wildman–Crippen LogP) is 4.16. The minimum absolute atomic E-state index is 0. The van der Waals surface area contributed by atoms with Crippen molar-refractivity contribution in [3.63, 3.8) is 0 Å². The van der Waals surface area contributed by atoms with Crippen molar-refractivity contribution >= 4 is 30.7 Å². The van der Waals surface area contributed by atoms with E-state index in [2.05, 4.69) is 46.7 Å². The molecule has 0 spiro atoms. The Balaban J connectivity index is 0.00000196. The molecule has 0 bridgehead atoms. The first-order valence-corrected chi connectivity index (χ1v) is 10.5. The predicted molar refractivity (Wildman–Crippen MR) is 121 cm³/mol. The van der Waals surface area contributed by atoms with Crippen molar-refractivity contribution in [3.8, 4) is 0 Å². The van der Waals surface area contributed by atoms with Crippen LogP contribution in [0.25, 0.3) is 0 Å². The molecule has 0 aromatic heterocycles. The van der Waals surface area contributed by atoms with E-state index in [9.17, 15) is 4.79 Å². The smallest absolute Gasteiger partial charge is 0.220 e. The summed E-state index contributed by atoms with van der Waals surface area (Å²) < 4.78 is 0. The first-order valence-electron chi connectivity index (χ1n) is 10.5. The number of nitrogens with zero attached hydrogens (tertiary/aromatic N) is 1. The van der Waals surface area contributed by atoms with Crippen LogP contribution in [-0.4, -0.2) is 37.0 Å². The Morgan fingerprint density at radius 2 is 1.64 bits per heavy atom. The number of rotatable bonds is 7. The molecule has 3 rings (SSSR count). The second-order valence-electron chi connectivity index (χ2n) is 8.28. The maximum atomic E-state index is 12.1. The number of carbonyl (C=O) groups excluding carboxylic acids is 1. The van der Waals surface area contributed by atoms with Crippen LogP contribution in [0.2, 0.25) is 0 Å². The summed E-state index contributed by atoms with van der Waals surface area (Å²) in [6.07, 6.45) is 6.76. The highest BCUT2D eigenvalue weighted by atomic mass is 35.5. The number of carbonyl (C=O) groups is 1. The van der Waals surface area contributed by atoms with E-state index >= 15 is 0 Å². The number of hydrogen-bond acceptors (Lipinski definition) is 3. The van der Waals surface area contributed by atoms with Crippen LogP contribution in [-0.2, 0) is 17.9 Å². The molecule has 0 saturated carbocycles. The lowest BCUT2D eigenvalue weighted by molar-refractivity contribution is -0.121. The van der Waals surface area contributed by atoms with Gasteiger partial charge in [0.2, 0.25) is 5.91 Å². The molecule has 1 aromatic carbocycles. The van der Waals surface area contributed by atoms with Crippen molar-refractivity contribution < 1.29 is 4.79 Å². The van der Waals surface area contributed by atoms with Crippen molar-refractivity contribution in [2.45, 2.75) is 58.5 Å². The fourth-order valence-corrected chi connectivity index (χ4v) is 4.04. The molecule has 28 heavy (non-hydrogen) atoms. The summed E-state index contributed by atoms with van der Waals surface area (Å²) in [7, 11) is 0. The van der Waals surface area contributed by atoms with Gasteiger partial charge in [-0.1, -0.05) is 31.2 Å². The summed E-state index contributed by atoms with van der Waals surface area (Å²) >= 11 is 0. The third kappa shape index (κ3) is 8.69. The number of amides is 1. The molecule has 2 aliphatic heterocycles. The van der Waals surface area contributed by atoms with Crippen molar-refractivity contribution in [1.82, 2.24) is 15.5 Å². The maximum Gasteiger partial charge on any atom is 0.220 e. The van der Waals surface area contributed by atoms with E-state index in [1.165, 1.54) is 49.9 Å². The average molecular weight is 430 g/mol. The van der Waals surface area contributed by atoms with Crippen LogP contribution in [0, 0.1) is 11.8 Å². The minimum Gasteiger partial charge on any atom is -0.352 e. The zero-order valence-electron chi connectivity index (χ0n) is 17.1. The fraction of sp³-hybridized carbons (Fsp3) is 0.682. The van der Waals surface area contributed by atoms with Gasteiger partial charge in [-0.3, -0.25) is 9.69 Å². The largest absolute Gasteiger partial charge is 0.352 e. The Kier molecular flexibility index (Phi) is 12.1. The number of halogens is 2. The van der Waals surface area contributed by atoms with Gasteiger partial charge >= 0.3 is 0 Å². The molecule has 0 unspecified atom stereocenters. The lowest BCUT2D eigenvalue weighted by Gasteiger charge is -2.30. The van der Waals surface area contributed by atoms with Gasteiger partial charge in [0.1, 0.15) is 0 Å². The van der Waals surface area contributed by atoms with Crippen LogP contribution in [0.15, 0.2) is 24.3 Å². The molecule has 4 nitrogen and oxygen atoms in total. The molecule has 0 atom stereocenters. The van der Waals surface area contributed by atoms with E-state index < -0.39 is 0 Å². The lowest BCUT2D eigenvalue weighted by Crippen LogP contribution is -2.32. The monoisotopic (exact) mass is 429 g/mol. The Morgan fingerprint density at radius 3 is 2.29 bits per heavy atom. The summed E-state index contributed by atoms with van der Waals surface area (Å²) in [5.41, 5.74) is 2.57. The molecule has 2 saturated heterocycles. The van der Waals surface area contributed by atoms with Gasteiger partial charge in [-0.15, -0.1) is 24.8 Å². The first-order chi connectivity index (χ1) is 12.7. The van der Waals surface area contributed by atoms with Crippen molar-refractivity contribution in [2.24, 2.45) is 11.8 Å². The van der Waals surface area contributed by atoms with E-state index in [0.717, 1.165) is 37.9 Å². The second-order valence-corrected chi connectivity index (χ2v) is 8.28. The molecule has 2 fully saturated rings. The molecular formula is C22H37Cl2N3O. The Bertz CT molecular complexity index is 553. The van der Waals surface area contributed by atoms with Crippen LogP contribution in [0.3, 0.4) is 0 Å². The van der Waals surface area contributed by atoms with Crippen molar-refractivity contribution in [2.75, 3.05) is 26.2 Å². The van der Waals surface area contributed by atoms with Crippen LogP contribution in [0.1, 0.15) is 56.6 Å². The SMILES string of the molecule is CC1CCN(Cc2ccc(CNC(=O)CCC3CCNCC3)cc2)CC1.Cl.Cl. The van der Waals surface area contributed by atoms with E-state index in [0.29, 0.717) is 13.0 Å². The highest BCUT2D eigenvalue weighted by molar-refractivity contribution is 5.85. The second kappa shape index (κ2) is 13.4. The van der Waals surface area contributed by atoms with E-state index in [-0.39, 0.29) is 30.7 Å². The first kappa shape index (κ1) is 25.2. The lowest BCUT2D eigenvalue weighted by atomic mass is 9.93. The van der Waals surface area contributed by atoms with E-state index in [1.807, 2.05) is 0 Å². The summed E-state index contributed by atoms with van der Waals surface area (Å²) in [4.78, 5) is 14.6. The minimum atomic E-state index is 0. The van der Waals surface area contributed by atoms with Gasteiger partial charge in [-0.2, -0.15) is 0 Å². The van der Waals surface area contributed by atoms with Crippen LogP contribution < -0.4 is 10.6 Å². The van der Waals surface area contributed by atoms with Crippen LogP contribution >= 0.6 is 24.8 Å². The number of nitrogens with one attached hydrogen (secondary N) is 2. The Hall–Kier alpha value is -0.810. The molecule has 0 radical (unpaired) electrons. The molecule has 0 aliphatic carbocycles. The highest BCUT2D eigenvalue weighted by Gasteiger charge is 2.16. The van der Waals surface area contributed by atoms with Crippen LogP contribution in [0.4, 0.5) is 0 Å². The standard InChI is InChI=1S/C22H35N3O.2ClH/c1-18-10-14-25(15-11-18)17-21-4-2-20(3-5-21)16-24-22(26)7-6-19-8-12-23-13-9-19;;/h2-5,18-19,23H,6-17H2,1H3,(H,24,26);2*1H. The Morgan fingerprint density at radius 1 is 1.04 bits per heavy atom. The maximum absolute atomic E-state index is 12.1. The molecule has 6 heteroatoms. The van der Waals surface area contributed by atoms with Crippen molar-refractivity contribution in [3.05, 3.63) is 35.4 Å². The topological polar surface area (TPSA) is 44.4 Å². The molecular weight excluding hydrogens is 393 g/mol. The number of benzene rings is 1. The quantitative estimate of drug-likeness (QED) is 0.683. The summed E-state index contributed by atoms with van der Waals surface area (Å²) in [5, 5.41) is 6.46. The molecule has 1 amide bonds. The molecule has 1 aromatic rings. The Labute approximate surface area is 183 Å². The summed E-state index contributed by atoms with van der Waals surface area (Å²) in [6.45, 7) is 8.70. The van der Waals surface area contributed by atoms with Gasteiger partial charge in [0.05, 0.1) is 0 Å². The zero-order valence-corrected chi connectivity index (χ0v) is 18.8.